The molecule has 7 nitrogen and oxygen atoms in total. The van der Waals surface area contributed by atoms with E-state index in [1.165, 1.54) is 0 Å². The van der Waals surface area contributed by atoms with Crippen LogP contribution < -0.4 is 5.32 Å². The maximum absolute atomic E-state index is 12.0. The molecule has 0 bridgehead atoms. The number of aliphatic carboxylic acids is 1. The van der Waals surface area contributed by atoms with Gasteiger partial charge in [-0.05, 0) is 44.0 Å². The fraction of sp³-hybridized carbons (Fsp3) is 0.182. The van der Waals surface area contributed by atoms with E-state index >= 15 is 0 Å². The van der Waals surface area contributed by atoms with E-state index < -0.39 is 5.97 Å². The highest BCUT2D eigenvalue weighted by atomic mass is 16.4. The monoisotopic (exact) mass is 390 g/mol. The van der Waals surface area contributed by atoms with Gasteiger partial charge in [0.1, 0.15) is 0 Å². The summed E-state index contributed by atoms with van der Waals surface area (Å²) in [6.45, 7) is 7.41. The van der Waals surface area contributed by atoms with Crippen LogP contribution in [0, 0.1) is 6.92 Å². The smallest absolute Gasteiger partial charge is 0.303 e. The lowest BCUT2D eigenvalue weighted by Gasteiger charge is -2.02. The van der Waals surface area contributed by atoms with E-state index in [0.717, 1.165) is 22.4 Å². The van der Waals surface area contributed by atoms with Gasteiger partial charge >= 0.3 is 5.97 Å². The quantitative estimate of drug-likeness (QED) is 0.595. The van der Waals surface area contributed by atoms with Gasteiger partial charge < -0.3 is 15.4 Å². The first kappa shape index (κ1) is 20.0. The molecule has 0 saturated carbocycles. The van der Waals surface area contributed by atoms with Gasteiger partial charge in [0.2, 0.25) is 0 Å². The fourth-order valence-corrected chi connectivity index (χ4v) is 3.14. The number of amides is 1. The van der Waals surface area contributed by atoms with Crippen LogP contribution in [0.25, 0.3) is 6.08 Å². The minimum absolute atomic E-state index is 0.0176. The number of carbonyl (C=O) groups excluding carboxylic acids is 1. The Kier molecular flexibility index (Phi) is 5.87. The highest BCUT2D eigenvalue weighted by Gasteiger charge is 2.23. The van der Waals surface area contributed by atoms with Crippen molar-refractivity contribution in [2.24, 2.45) is 10.2 Å². The Morgan fingerprint density at radius 1 is 1.21 bits per heavy atom. The van der Waals surface area contributed by atoms with Gasteiger partial charge in [0.25, 0.3) is 5.91 Å². The average molecular weight is 390 g/mol. The minimum atomic E-state index is -0.882. The van der Waals surface area contributed by atoms with Crippen molar-refractivity contribution < 1.29 is 14.7 Å². The van der Waals surface area contributed by atoms with Gasteiger partial charge in [-0.2, -0.15) is 0 Å². The van der Waals surface area contributed by atoms with Crippen molar-refractivity contribution in [3.05, 3.63) is 76.7 Å². The number of benzene rings is 1. The Bertz CT molecular complexity index is 1060. The molecule has 3 N–H and O–H groups in total. The number of carboxylic acids is 1. The molecule has 1 aliphatic heterocycles. The average Bonchev–Trinajstić information content (AvgIpc) is 3.15. The maximum Gasteiger partial charge on any atom is 0.303 e. The van der Waals surface area contributed by atoms with E-state index in [9.17, 15) is 9.59 Å². The van der Waals surface area contributed by atoms with Gasteiger partial charge in [-0.15, -0.1) is 10.2 Å². The lowest BCUT2D eigenvalue weighted by molar-refractivity contribution is -0.137. The van der Waals surface area contributed by atoms with Gasteiger partial charge in [-0.3, -0.25) is 9.59 Å². The molecule has 0 atom stereocenters. The van der Waals surface area contributed by atoms with E-state index in [2.05, 4.69) is 27.1 Å². The van der Waals surface area contributed by atoms with Crippen LogP contribution in [-0.2, 0) is 16.0 Å². The lowest BCUT2D eigenvalue weighted by atomic mass is 10.0. The number of aromatic nitrogens is 1. The van der Waals surface area contributed by atoms with Crippen molar-refractivity contribution in [3.63, 3.8) is 0 Å². The predicted octanol–water partition coefficient (Wildman–Crippen LogP) is 4.73. The Morgan fingerprint density at radius 3 is 2.59 bits per heavy atom. The van der Waals surface area contributed by atoms with Gasteiger partial charge in [0.15, 0.2) is 5.82 Å². The number of hydrogen-bond acceptors (Lipinski definition) is 4. The number of carbonyl (C=O) groups is 2. The minimum Gasteiger partial charge on any atom is -0.481 e. The zero-order chi connectivity index (χ0) is 21.0. The Morgan fingerprint density at radius 2 is 1.93 bits per heavy atom. The molecular formula is C22H22N4O3. The molecule has 2 aromatic rings. The normalized spacial score (nSPS) is 15.4. The van der Waals surface area contributed by atoms with Gasteiger partial charge in [0, 0.05) is 28.8 Å². The van der Waals surface area contributed by atoms with Crippen molar-refractivity contribution in [1.29, 1.82) is 0 Å². The van der Waals surface area contributed by atoms with Crippen LogP contribution in [0.1, 0.15) is 30.2 Å². The van der Waals surface area contributed by atoms with E-state index in [1.54, 1.807) is 13.0 Å². The van der Waals surface area contributed by atoms with Crippen LogP contribution in [0.4, 0.5) is 11.5 Å². The van der Waals surface area contributed by atoms with Crippen LogP contribution in [0.3, 0.4) is 0 Å². The van der Waals surface area contributed by atoms with Crippen LogP contribution in [-0.4, -0.2) is 22.0 Å². The van der Waals surface area contributed by atoms with Crippen LogP contribution >= 0.6 is 0 Å². The molecule has 0 spiro atoms. The number of carboxylic acid groups (broad SMARTS) is 1. The second-order valence-electron chi connectivity index (χ2n) is 6.68. The first-order valence-electron chi connectivity index (χ1n) is 9.17. The summed E-state index contributed by atoms with van der Waals surface area (Å²) >= 11 is 0. The van der Waals surface area contributed by atoms with Crippen LogP contribution in [0.15, 0.2) is 70.1 Å². The van der Waals surface area contributed by atoms with Gasteiger partial charge in [0.05, 0.1) is 11.4 Å². The molecular weight excluding hydrogens is 368 g/mol. The summed E-state index contributed by atoms with van der Waals surface area (Å²) in [6, 6.07) is 9.28. The van der Waals surface area contributed by atoms with E-state index in [1.807, 2.05) is 43.3 Å². The third-order valence-electron chi connectivity index (χ3n) is 4.78. The number of nitrogens with one attached hydrogen (secondary N) is 2. The summed E-state index contributed by atoms with van der Waals surface area (Å²) in [5, 5.41) is 20.5. The fourth-order valence-electron chi connectivity index (χ4n) is 3.14. The first-order chi connectivity index (χ1) is 13.9. The highest BCUT2D eigenvalue weighted by Crippen LogP contribution is 2.31. The summed E-state index contributed by atoms with van der Waals surface area (Å²) in [7, 11) is 0. The largest absolute Gasteiger partial charge is 0.481 e. The summed E-state index contributed by atoms with van der Waals surface area (Å²) in [5.41, 5.74) is 5.06. The van der Waals surface area contributed by atoms with Crippen molar-refractivity contribution in [1.82, 2.24) is 10.3 Å². The summed E-state index contributed by atoms with van der Waals surface area (Å²) in [5.74, 6) is -0.540. The molecule has 0 radical (unpaired) electrons. The zero-order valence-corrected chi connectivity index (χ0v) is 16.3. The van der Waals surface area contributed by atoms with Gasteiger partial charge in [-0.25, -0.2) is 0 Å². The van der Waals surface area contributed by atoms with E-state index in [4.69, 9.17) is 5.11 Å². The summed E-state index contributed by atoms with van der Waals surface area (Å²) < 4.78 is 0. The van der Waals surface area contributed by atoms with E-state index in [-0.39, 0.29) is 12.3 Å². The zero-order valence-electron chi connectivity index (χ0n) is 16.3. The number of azo groups is 1. The first-order valence-corrected chi connectivity index (χ1v) is 9.17. The Balaban J connectivity index is 2.01. The molecule has 7 heteroatoms. The number of rotatable bonds is 7. The lowest BCUT2D eigenvalue weighted by Crippen LogP contribution is -2.15. The molecule has 0 fully saturated rings. The Hall–Kier alpha value is -3.74. The number of nitrogens with zero attached hydrogens (tertiary/aromatic N) is 2. The number of aromatic amines is 1. The molecule has 2 heterocycles. The maximum atomic E-state index is 12.0. The standard InChI is InChI=1S/C22H22N4O3/c1-4-16-14(3)22(29)24-19(16)12-18-13(2)17(10-11-20(27)28)21(23-18)26-25-15-8-6-5-7-9-15/h4-9,12,23H,1,10-11H2,2-3H3,(H,24,29)(H,27,28)/b19-12-,26-25?. The SMILES string of the molecule is C=CC1=C(C)C(=O)N/C1=C\c1[nH]c(N=Nc2ccccc2)c(CCC(=O)O)c1C. The molecule has 1 aromatic carbocycles. The van der Waals surface area contributed by atoms with Gasteiger partial charge in [-0.1, -0.05) is 30.9 Å². The predicted molar refractivity (Wildman–Crippen MR) is 111 cm³/mol. The molecule has 0 saturated heterocycles. The van der Waals surface area contributed by atoms with Crippen molar-refractivity contribution in [2.75, 3.05) is 0 Å². The molecule has 3 rings (SSSR count). The van der Waals surface area contributed by atoms with Crippen molar-refractivity contribution in [3.8, 4) is 0 Å². The number of H-pyrrole nitrogens is 1. The highest BCUT2D eigenvalue weighted by molar-refractivity contribution is 6.01. The van der Waals surface area contributed by atoms with Crippen LogP contribution in [0.2, 0.25) is 0 Å². The third kappa shape index (κ3) is 4.40. The molecule has 0 aliphatic carbocycles. The number of allylic oxidation sites excluding steroid dienone is 1. The molecule has 148 valence electrons. The van der Waals surface area contributed by atoms with E-state index in [0.29, 0.717) is 29.2 Å². The molecule has 0 unspecified atom stereocenters. The van der Waals surface area contributed by atoms with Crippen LogP contribution in [0.5, 0.6) is 0 Å². The molecule has 1 aromatic heterocycles. The number of hydrogen-bond donors (Lipinski definition) is 3. The summed E-state index contributed by atoms with van der Waals surface area (Å²) in [6.07, 6.45) is 3.75. The Labute approximate surface area is 168 Å². The van der Waals surface area contributed by atoms with Crippen molar-refractivity contribution >= 4 is 29.5 Å². The topological polar surface area (TPSA) is 107 Å². The third-order valence-corrected chi connectivity index (χ3v) is 4.78. The molecule has 1 aliphatic rings. The second kappa shape index (κ2) is 8.52. The summed E-state index contributed by atoms with van der Waals surface area (Å²) in [4.78, 5) is 26.3. The second-order valence-corrected chi connectivity index (χ2v) is 6.68. The molecule has 29 heavy (non-hydrogen) atoms. The van der Waals surface area contributed by atoms with Crippen molar-refractivity contribution in [2.45, 2.75) is 26.7 Å². The molecule has 1 amide bonds.